The first-order valence-corrected chi connectivity index (χ1v) is 12.5. The maximum atomic E-state index is 13.6. The van der Waals surface area contributed by atoms with Gasteiger partial charge in [0.15, 0.2) is 0 Å². The average molecular weight is 499 g/mol. The number of nitriles is 1. The Morgan fingerprint density at radius 2 is 2.16 bits per heavy atom. The monoisotopic (exact) mass is 498 g/mol. The molecule has 4 aromatic rings. The Hall–Kier alpha value is -4.10. The van der Waals surface area contributed by atoms with Crippen LogP contribution in [0.2, 0.25) is 0 Å². The van der Waals surface area contributed by atoms with Gasteiger partial charge in [0.2, 0.25) is 0 Å². The molecule has 3 aromatic heterocycles. The number of aromatic nitrogens is 5. The second-order valence-corrected chi connectivity index (χ2v) is 10.1. The maximum Gasteiger partial charge on any atom is 0.254 e. The summed E-state index contributed by atoms with van der Waals surface area (Å²) < 4.78 is 15.6. The normalized spacial score (nSPS) is 21.5. The van der Waals surface area contributed by atoms with Crippen LogP contribution in [-0.2, 0) is 5.54 Å². The highest BCUT2D eigenvalue weighted by atomic mass is 19.1. The number of H-pyrrole nitrogens is 1. The Morgan fingerprint density at radius 1 is 1.30 bits per heavy atom. The minimum absolute atomic E-state index is 0.0401. The van der Waals surface area contributed by atoms with Gasteiger partial charge in [-0.05, 0) is 44.0 Å². The predicted molar refractivity (Wildman–Crippen MR) is 135 cm³/mol. The molecule has 0 aliphatic carbocycles. The van der Waals surface area contributed by atoms with Gasteiger partial charge in [-0.2, -0.15) is 10.4 Å². The lowest BCUT2D eigenvalue weighted by Gasteiger charge is -2.54. The molecule has 0 radical (unpaired) electrons. The number of carbonyl (C=O) groups excluding carboxylic acids is 1. The fourth-order valence-electron chi connectivity index (χ4n) is 5.83. The van der Waals surface area contributed by atoms with E-state index in [1.807, 2.05) is 28.0 Å². The van der Waals surface area contributed by atoms with Crippen molar-refractivity contribution in [2.45, 2.75) is 43.8 Å². The van der Waals surface area contributed by atoms with Gasteiger partial charge in [0.05, 0.1) is 24.4 Å². The molecule has 2 aliphatic rings. The molecule has 0 bridgehead atoms. The molecule has 10 heteroatoms. The molecular formula is C27H27FN8O. The number of benzene rings is 1. The van der Waals surface area contributed by atoms with E-state index in [4.69, 9.17) is 0 Å². The Bertz CT molecular complexity index is 1500. The molecule has 188 valence electrons. The van der Waals surface area contributed by atoms with Crippen LogP contribution in [0.25, 0.3) is 22.3 Å². The summed E-state index contributed by atoms with van der Waals surface area (Å²) in [7, 11) is 0. The van der Waals surface area contributed by atoms with Gasteiger partial charge in [-0.25, -0.2) is 14.4 Å². The summed E-state index contributed by atoms with van der Waals surface area (Å²) in [4.78, 5) is 29.0. The number of hydrogen-bond donors (Lipinski definition) is 1. The Kier molecular flexibility index (Phi) is 5.72. The standard InChI is InChI=1S/C27H27FN8O/c1-18-11-22(6-10-35(18)26(37)19-3-2-4-21(28)12-19)34-15-27(16-34,7-8-29)36-14-20(13-33-36)24-23-5-9-30-25(23)32-17-31-24/h2-5,9,12-14,17-18,22H,6-7,10-11,15-16H2,1H3,(H,30,31,32)/t18-,22?/m0/s1. The second kappa shape index (κ2) is 9.09. The molecule has 2 atom stereocenters. The third-order valence-corrected chi connectivity index (χ3v) is 7.80. The minimum atomic E-state index is -0.401. The van der Waals surface area contributed by atoms with E-state index in [0.717, 1.165) is 48.2 Å². The summed E-state index contributed by atoms with van der Waals surface area (Å²) in [5.41, 5.74) is 2.47. The molecular weight excluding hydrogens is 471 g/mol. The van der Waals surface area contributed by atoms with Crippen LogP contribution < -0.4 is 0 Å². The summed E-state index contributed by atoms with van der Waals surface area (Å²) in [5, 5.41) is 15.2. The van der Waals surface area contributed by atoms with Crippen molar-refractivity contribution in [2.24, 2.45) is 0 Å². The van der Waals surface area contributed by atoms with E-state index in [9.17, 15) is 14.4 Å². The third-order valence-electron chi connectivity index (χ3n) is 7.80. The van der Waals surface area contributed by atoms with Crippen LogP contribution in [0, 0.1) is 17.1 Å². The zero-order valence-electron chi connectivity index (χ0n) is 20.5. The van der Waals surface area contributed by atoms with Crippen molar-refractivity contribution in [1.29, 1.82) is 5.26 Å². The molecule has 0 spiro atoms. The lowest BCUT2D eigenvalue weighted by atomic mass is 9.83. The third kappa shape index (κ3) is 4.05. The number of halogens is 1. The first-order valence-electron chi connectivity index (χ1n) is 12.5. The Labute approximate surface area is 213 Å². The molecule has 2 saturated heterocycles. The van der Waals surface area contributed by atoms with Crippen LogP contribution in [0.5, 0.6) is 0 Å². The molecule has 37 heavy (non-hydrogen) atoms. The number of carbonyl (C=O) groups is 1. The lowest BCUT2D eigenvalue weighted by Crippen LogP contribution is -2.67. The van der Waals surface area contributed by atoms with E-state index in [1.54, 1.807) is 18.3 Å². The second-order valence-electron chi connectivity index (χ2n) is 10.1. The summed E-state index contributed by atoms with van der Waals surface area (Å²) in [6, 6.07) is 10.5. The first kappa shape index (κ1) is 23.3. The smallest absolute Gasteiger partial charge is 0.254 e. The molecule has 1 aromatic carbocycles. The van der Waals surface area contributed by atoms with Gasteiger partial charge in [-0.15, -0.1) is 0 Å². The summed E-state index contributed by atoms with van der Waals surface area (Å²) in [6.07, 6.45) is 9.19. The highest BCUT2D eigenvalue weighted by Gasteiger charge is 2.49. The fraction of sp³-hybridized carbons (Fsp3) is 0.370. The predicted octanol–water partition coefficient (Wildman–Crippen LogP) is 3.58. The topological polar surface area (TPSA) is 107 Å². The van der Waals surface area contributed by atoms with Gasteiger partial charge in [0.25, 0.3) is 5.91 Å². The molecule has 6 rings (SSSR count). The van der Waals surface area contributed by atoms with Crippen LogP contribution in [0.4, 0.5) is 4.39 Å². The minimum Gasteiger partial charge on any atom is -0.346 e. The molecule has 5 heterocycles. The molecule has 1 N–H and O–H groups in total. The SMILES string of the molecule is C[C@H]1CC(N2CC(CC#N)(n3cc(-c4ncnc5[nH]ccc45)cn3)C2)CCN1C(=O)c1cccc(F)c1. The summed E-state index contributed by atoms with van der Waals surface area (Å²) in [5.74, 6) is -0.528. The number of nitrogens with zero attached hydrogens (tertiary/aromatic N) is 7. The van der Waals surface area contributed by atoms with Crippen molar-refractivity contribution in [3.8, 4) is 17.3 Å². The van der Waals surface area contributed by atoms with Gasteiger partial charge >= 0.3 is 0 Å². The van der Waals surface area contributed by atoms with Crippen LogP contribution in [0.1, 0.15) is 36.5 Å². The first-order chi connectivity index (χ1) is 18.0. The van der Waals surface area contributed by atoms with Crippen molar-refractivity contribution in [3.63, 3.8) is 0 Å². The fourth-order valence-corrected chi connectivity index (χ4v) is 5.83. The van der Waals surface area contributed by atoms with E-state index in [1.165, 1.54) is 18.5 Å². The van der Waals surface area contributed by atoms with Crippen molar-refractivity contribution >= 4 is 16.9 Å². The van der Waals surface area contributed by atoms with E-state index >= 15 is 0 Å². The quantitative estimate of drug-likeness (QED) is 0.451. The number of fused-ring (bicyclic) bond motifs is 1. The number of nitrogens with one attached hydrogen (secondary N) is 1. The van der Waals surface area contributed by atoms with Gasteiger partial charge < -0.3 is 9.88 Å². The molecule has 9 nitrogen and oxygen atoms in total. The van der Waals surface area contributed by atoms with Crippen molar-refractivity contribution < 1.29 is 9.18 Å². The molecule has 0 saturated carbocycles. The largest absolute Gasteiger partial charge is 0.346 e. The zero-order chi connectivity index (χ0) is 25.6. The number of hydrogen-bond acceptors (Lipinski definition) is 6. The van der Waals surface area contributed by atoms with Crippen LogP contribution in [-0.4, -0.2) is 72.2 Å². The summed E-state index contributed by atoms with van der Waals surface area (Å²) in [6.45, 7) is 4.12. The lowest BCUT2D eigenvalue weighted by molar-refractivity contribution is -0.0480. The van der Waals surface area contributed by atoms with Crippen molar-refractivity contribution in [2.75, 3.05) is 19.6 Å². The van der Waals surface area contributed by atoms with E-state index < -0.39 is 11.4 Å². The number of amides is 1. The van der Waals surface area contributed by atoms with E-state index in [0.29, 0.717) is 24.6 Å². The number of rotatable bonds is 5. The zero-order valence-corrected chi connectivity index (χ0v) is 20.5. The van der Waals surface area contributed by atoms with Crippen molar-refractivity contribution in [3.05, 3.63) is 66.6 Å². The summed E-state index contributed by atoms with van der Waals surface area (Å²) >= 11 is 0. The number of piperidine rings is 1. The van der Waals surface area contributed by atoms with Gasteiger partial charge in [-0.1, -0.05) is 6.07 Å². The Balaban J connectivity index is 1.15. The molecule has 1 unspecified atom stereocenters. The van der Waals surface area contributed by atoms with Crippen LogP contribution >= 0.6 is 0 Å². The maximum absolute atomic E-state index is 13.6. The van der Waals surface area contributed by atoms with Crippen LogP contribution in [0.15, 0.2) is 55.2 Å². The molecule has 2 fully saturated rings. The molecule has 1 amide bonds. The van der Waals surface area contributed by atoms with Gasteiger partial charge in [0.1, 0.15) is 23.3 Å². The highest BCUT2D eigenvalue weighted by molar-refractivity contribution is 5.94. The van der Waals surface area contributed by atoms with Gasteiger partial charge in [0, 0.05) is 60.6 Å². The highest BCUT2D eigenvalue weighted by Crippen LogP contribution is 2.38. The Morgan fingerprint density at radius 3 is 2.95 bits per heavy atom. The van der Waals surface area contributed by atoms with E-state index in [-0.39, 0.29) is 11.9 Å². The van der Waals surface area contributed by atoms with Crippen molar-refractivity contribution in [1.82, 2.24) is 34.5 Å². The van der Waals surface area contributed by atoms with E-state index in [2.05, 4.69) is 37.9 Å². The number of likely N-dealkylation sites (tertiary alicyclic amines) is 2. The average Bonchev–Trinajstić information content (AvgIpc) is 3.56. The number of aromatic amines is 1. The van der Waals surface area contributed by atoms with Crippen LogP contribution in [0.3, 0.4) is 0 Å². The van der Waals surface area contributed by atoms with Gasteiger partial charge in [-0.3, -0.25) is 14.4 Å². The molecule has 2 aliphatic heterocycles.